The van der Waals surface area contributed by atoms with Gasteiger partial charge in [0.2, 0.25) is 0 Å². The van der Waals surface area contributed by atoms with Gasteiger partial charge in [-0.1, -0.05) is 24.3 Å². The minimum Gasteiger partial charge on any atom is -0.380 e. The Morgan fingerprint density at radius 2 is 2.00 bits per heavy atom. The van der Waals surface area contributed by atoms with Crippen molar-refractivity contribution in [3.63, 3.8) is 0 Å². The van der Waals surface area contributed by atoms with Crippen LogP contribution in [0.3, 0.4) is 0 Å². The first-order chi connectivity index (χ1) is 8.22. The number of Topliss-reactive ketones (excluding diaryl/α,β-unsaturated/α-hetero) is 1. The Kier molecular flexibility index (Phi) is 3.71. The number of carbonyl (C=O) groups excluding carboxylic acids is 1. The van der Waals surface area contributed by atoms with Crippen LogP contribution in [0.4, 0.5) is 0 Å². The number of methoxy groups -OCH3 is 1. The van der Waals surface area contributed by atoms with E-state index < -0.39 is 0 Å². The Bertz CT molecular complexity index is 529. The molecule has 0 saturated heterocycles. The smallest absolute Gasteiger partial charge is 0.169 e. The van der Waals surface area contributed by atoms with Crippen LogP contribution in [-0.2, 0) is 11.3 Å². The predicted octanol–water partition coefficient (Wildman–Crippen LogP) is 3.76. The predicted molar refractivity (Wildman–Crippen MR) is 70.5 cm³/mol. The quantitative estimate of drug-likeness (QED) is 0.768. The molecule has 2 aromatic rings. The van der Waals surface area contributed by atoms with Crippen LogP contribution in [0.5, 0.6) is 0 Å². The summed E-state index contributed by atoms with van der Waals surface area (Å²) >= 11 is 1.53. The van der Waals surface area contributed by atoms with Gasteiger partial charge in [0.1, 0.15) is 0 Å². The molecular formula is C14H14O2S. The molecule has 2 rings (SSSR count). The highest BCUT2D eigenvalue weighted by Gasteiger charge is 2.09. The molecule has 17 heavy (non-hydrogen) atoms. The van der Waals surface area contributed by atoms with E-state index in [1.54, 1.807) is 14.0 Å². The molecule has 1 heterocycles. The van der Waals surface area contributed by atoms with E-state index in [0.29, 0.717) is 6.61 Å². The van der Waals surface area contributed by atoms with Crippen LogP contribution >= 0.6 is 11.3 Å². The normalized spacial score (nSPS) is 10.5. The van der Waals surface area contributed by atoms with Gasteiger partial charge in [-0.15, -0.1) is 11.3 Å². The van der Waals surface area contributed by atoms with Crippen molar-refractivity contribution in [2.75, 3.05) is 7.11 Å². The lowest BCUT2D eigenvalue weighted by molar-refractivity contribution is 0.102. The second-order valence-electron chi connectivity index (χ2n) is 3.81. The standard InChI is InChI=1S/C14H14O2S/c1-10(15)13-7-8-14(17-13)12-6-4-3-5-11(12)9-16-2/h3-8H,9H2,1-2H3. The summed E-state index contributed by atoms with van der Waals surface area (Å²) in [5, 5.41) is 0. The monoisotopic (exact) mass is 246 g/mol. The molecule has 0 atom stereocenters. The molecule has 88 valence electrons. The number of thiophene rings is 1. The van der Waals surface area contributed by atoms with Crippen LogP contribution in [0, 0.1) is 0 Å². The van der Waals surface area contributed by atoms with Crippen LogP contribution in [0.25, 0.3) is 10.4 Å². The SMILES string of the molecule is COCc1ccccc1-c1ccc(C(C)=O)s1. The fraction of sp³-hybridized carbons (Fsp3) is 0.214. The molecular weight excluding hydrogens is 232 g/mol. The van der Waals surface area contributed by atoms with Crippen LogP contribution in [-0.4, -0.2) is 12.9 Å². The third kappa shape index (κ3) is 2.62. The van der Waals surface area contributed by atoms with Crippen LogP contribution < -0.4 is 0 Å². The highest BCUT2D eigenvalue weighted by Crippen LogP contribution is 2.31. The summed E-state index contributed by atoms with van der Waals surface area (Å²) in [6.45, 7) is 2.18. The summed E-state index contributed by atoms with van der Waals surface area (Å²) < 4.78 is 5.18. The molecule has 0 amide bonds. The number of carbonyl (C=O) groups is 1. The molecule has 1 aromatic heterocycles. The Labute approximate surface area is 105 Å². The number of hydrogen-bond acceptors (Lipinski definition) is 3. The number of ether oxygens (including phenoxy) is 1. The number of rotatable bonds is 4. The minimum atomic E-state index is 0.116. The lowest BCUT2D eigenvalue weighted by Crippen LogP contribution is -1.90. The molecule has 0 spiro atoms. The van der Waals surface area contributed by atoms with Crippen molar-refractivity contribution in [3.8, 4) is 10.4 Å². The zero-order valence-electron chi connectivity index (χ0n) is 9.90. The van der Waals surface area contributed by atoms with Crippen molar-refractivity contribution in [3.05, 3.63) is 46.8 Å². The maximum Gasteiger partial charge on any atom is 0.169 e. The highest BCUT2D eigenvalue weighted by atomic mass is 32.1. The van der Waals surface area contributed by atoms with Gasteiger partial charge in [0.15, 0.2) is 5.78 Å². The van der Waals surface area contributed by atoms with E-state index in [1.165, 1.54) is 11.3 Å². The van der Waals surface area contributed by atoms with Crippen molar-refractivity contribution >= 4 is 17.1 Å². The largest absolute Gasteiger partial charge is 0.380 e. The molecule has 1 aromatic carbocycles. The van der Waals surface area contributed by atoms with Gasteiger partial charge in [0, 0.05) is 12.0 Å². The lowest BCUT2D eigenvalue weighted by Gasteiger charge is -2.06. The molecule has 2 nitrogen and oxygen atoms in total. The molecule has 0 bridgehead atoms. The Balaban J connectivity index is 2.41. The Hall–Kier alpha value is -1.45. The summed E-state index contributed by atoms with van der Waals surface area (Å²) in [5.74, 6) is 0.116. The van der Waals surface area contributed by atoms with Crippen LogP contribution in [0.15, 0.2) is 36.4 Å². The van der Waals surface area contributed by atoms with E-state index in [1.807, 2.05) is 30.3 Å². The van der Waals surface area contributed by atoms with Gasteiger partial charge in [-0.2, -0.15) is 0 Å². The summed E-state index contributed by atoms with van der Waals surface area (Å²) in [6.07, 6.45) is 0. The number of benzene rings is 1. The molecule has 0 fully saturated rings. The second-order valence-corrected chi connectivity index (χ2v) is 4.89. The van der Waals surface area contributed by atoms with Gasteiger partial charge in [-0.3, -0.25) is 4.79 Å². The zero-order valence-corrected chi connectivity index (χ0v) is 10.7. The van der Waals surface area contributed by atoms with E-state index >= 15 is 0 Å². The number of hydrogen-bond donors (Lipinski definition) is 0. The molecule has 0 unspecified atom stereocenters. The second kappa shape index (κ2) is 5.25. The van der Waals surface area contributed by atoms with Gasteiger partial charge in [0.05, 0.1) is 11.5 Å². The molecule has 0 radical (unpaired) electrons. The highest BCUT2D eigenvalue weighted by molar-refractivity contribution is 7.17. The summed E-state index contributed by atoms with van der Waals surface area (Å²) in [4.78, 5) is 13.2. The van der Waals surface area contributed by atoms with Gasteiger partial charge in [-0.25, -0.2) is 0 Å². The molecule has 0 N–H and O–H groups in total. The maximum absolute atomic E-state index is 11.3. The average Bonchev–Trinajstić information content (AvgIpc) is 2.79. The van der Waals surface area contributed by atoms with E-state index in [4.69, 9.17) is 4.74 Å². The van der Waals surface area contributed by atoms with E-state index in [0.717, 1.165) is 20.9 Å². The summed E-state index contributed by atoms with van der Waals surface area (Å²) in [5.41, 5.74) is 2.29. The van der Waals surface area contributed by atoms with Crippen molar-refractivity contribution in [2.45, 2.75) is 13.5 Å². The fourth-order valence-electron chi connectivity index (χ4n) is 1.71. The van der Waals surface area contributed by atoms with Gasteiger partial charge >= 0.3 is 0 Å². The third-order valence-electron chi connectivity index (χ3n) is 2.54. The fourth-order valence-corrected chi connectivity index (χ4v) is 2.68. The van der Waals surface area contributed by atoms with Crippen molar-refractivity contribution in [1.29, 1.82) is 0 Å². The third-order valence-corrected chi connectivity index (χ3v) is 3.76. The topological polar surface area (TPSA) is 26.3 Å². The maximum atomic E-state index is 11.3. The Morgan fingerprint density at radius 1 is 1.24 bits per heavy atom. The minimum absolute atomic E-state index is 0.116. The molecule has 0 aliphatic rings. The molecule has 3 heteroatoms. The molecule has 0 saturated carbocycles. The van der Waals surface area contributed by atoms with E-state index in [9.17, 15) is 4.79 Å². The van der Waals surface area contributed by atoms with Crippen molar-refractivity contribution in [2.24, 2.45) is 0 Å². The number of ketones is 1. The van der Waals surface area contributed by atoms with Gasteiger partial charge in [0.25, 0.3) is 0 Å². The van der Waals surface area contributed by atoms with Gasteiger partial charge in [-0.05, 0) is 30.2 Å². The zero-order chi connectivity index (χ0) is 12.3. The first kappa shape index (κ1) is 12.0. The molecule has 0 aliphatic carbocycles. The first-order valence-electron chi connectivity index (χ1n) is 5.40. The lowest BCUT2D eigenvalue weighted by atomic mass is 10.1. The van der Waals surface area contributed by atoms with Crippen LogP contribution in [0.2, 0.25) is 0 Å². The Morgan fingerprint density at radius 3 is 2.65 bits per heavy atom. The summed E-state index contributed by atoms with van der Waals surface area (Å²) in [7, 11) is 1.69. The summed E-state index contributed by atoms with van der Waals surface area (Å²) in [6, 6.07) is 12.0. The van der Waals surface area contributed by atoms with Crippen LogP contribution in [0.1, 0.15) is 22.2 Å². The van der Waals surface area contributed by atoms with Crippen molar-refractivity contribution in [1.82, 2.24) is 0 Å². The molecule has 0 aliphatic heterocycles. The average molecular weight is 246 g/mol. The van der Waals surface area contributed by atoms with E-state index in [-0.39, 0.29) is 5.78 Å². The van der Waals surface area contributed by atoms with Crippen molar-refractivity contribution < 1.29 is 9.53 Å². The van der Waals surface area contributed by atoms with E-state index in [2.05, 4.69) is 6.07 Å². The first-order valence-corrected chi connectivity index (χ1v) is 6.22. The van der Waals surface area contributed by atoms with Gasteiger partial charge < -0.3 is 4.74 Å².